The summed E-state index contributed by atoms with van der Waals surface area (Å²) in [5.74, 6) is 0.582. The predicted molar refractivity (Wildman–Crippen MR) is 75.2 cm³/mol. The molecule has 2 N–H and O–H groups in total. The molecule has 0 fully saturated rings. The highest BCUT2D eigenvalue weighted by molar-refractivity contribution is 6.59. The van der Waals surface area contributed by atoms with E-state index < -0.39 is 12.8 Å². The summed E-state index contributed by atoms with van der Waals surface area (Å²) in [5.41, 5.74) is 1.38. The van der Waals surface area contributed by atoms with Gasteiger partial charge in [0.15, 0.2) is 0 Å². The van der Waals surface area contributed by atoms with Gasteiger partial charge in [0.2, 0.25) is 0 Å². The number of methoxy groups -OCH3 is 1. The first kappa shape index (κ1) is 14.3. The van der Waals surface area contributed by atoms with Gasteiger partial charge >= 0.3 is 12.8 Å². The van der Waals surface area contributed by atoms with Crippen molar-refractivity contribution in [3.05, 3.63) is 52.2 Å². The van der Waals surface area contributed by atoms with Gasteiger partial charge in [0.1, 0.15) is 5.75 Å². The number of ether oxygens (including phenoxy) is 1. The average Bonchev–Trinajstić information content (AvgIpc) is 2.42. The topological polar surface area (TPSA) is 84.6 Å². The van der Waals surface area contributed by atoms with Crippen LogP contribution in [0.5, 0.6) is 5.75 Å². The predicted octanol–water partition coefficient (Wildman–Crippen LogP) is -0.712. The molecule has 0 aliphatic carbocycles. The second-order valence-electron chi connectivity index (χ2n) is 4.48. The highest BCUT2D eigenvalue weighted by atomic mass is 16.5. The van der Waals surface area contributed by atoms with E-state index in [1.807, 2.05) is 6.92 Å². The zero-order chi connectivity index (χ0) is 14.7. The number of aromatic nitrogens is 2. The van der Waals surface area contributed by atoms with Crippen molar-refractivity contribution < 1.29 is 14.8 Å². The second-order valence-corrected chi connectivity index (χ2v) is 4.48. The Morgan fingerprint density at radius 3 is 2.80 bits per heavy atom. The lowest BCUT2D eigenvalue weighted by Gasteiger charge is -2.12. The van der Waals surface area contributed by atoms with E-state index in [-0.39, 0.29) is 6.54 Å². The van der Waals surface area contributed by atoms with Gasteiger partial charge in [-0.1, -0.05) is 6.07 Å². The molecule has 6 nitrogen and oxygen atoms in total. The minimum absolute atomic E-state index is 0.192. The van der Waals surface area contributed by atoms with Crippen molar-refractivity contribution in [3.63, 3.8) is 0 Å². The van der Waals surface area contributed by atoms with Gasteiger partial charge in [0.25, 0.3) is 0 Å². The molecule has 0 aliphatic heterocycles. The Morgan fingerprint density at radius 1 is 1.40 bits per heavy atom. The lowest BCUT2D eigenvalue weighted by atomic mass is 9.77. The van der Waals surface area contributed by atoms with Crippen LogP contribution in [0.1, 0.15) is 11.1 Å². The Morgan fingerprint density at radius 2 is 2.15 bits per heavy atom. The Labute approximate surface area is 116 Å². The molecular weight excluding hydrogens is 259 g/mol. The Bertz CT molecular complexity index is 670. The summed E-state index contributed by atoms with van der Waals surface area (Å²) in [6.07, 6.45) is 3.16. The van der Waals surface area contributed by atoms with E-state index in [9.17, 15) is 14.8 Å². The molecule has 2 rings (SSSR count). The maximum atomic E-state index is 11.7. The van der Waals surface area contributed by atoms with Crippen LogP contribution in [0.25, 0.3) is 0 Å². The highest BCUT2D eigenvalue weighted by Crippen LogP contribution is 2.12. The van der Waals surface area contributed by atoms with Gasteiger partial charge in [-0.2, -0.15) is 0 Å². The number of hydrogen-bond donors (Lipinski definition) is 2. The third kappa shape index (κ3) is 3.07. The molecule has 0 saturated carbocycles. The monoisotopic (exact) mass is 274 g/mol. The highest BCUT2D eigenvalue weighted by Gasteiger charge is 2.17. The lowest BCUT2D eigenvalue weighted by molar-refractivity contribution is 0.413. The number of nitrogens with zero attached hydrogens (tertiary/aromatic N) is 2. The first-order chi connectivity index (χ1) is 9.51. The van der Waals surface area contributed by atoms with Crippen LogP contribution in [0.15, 0.2) is 35.4 Å². The number of benzene rings is 1. The van der Waals surface area contributed by atoms with Gasteiger partial charge in [-0.25, -0.2) is 9.78 Å². The van der Waals surface area contributed by atoms with Crippen LogP contribution in [0.2, 0.25) is 0 Å². The summed E-state index contributed by atoms with van der Waals surface area (Å²) in [6, 6.07) is 4.87. The molecule has 0 radical (unpaired) electrons. The van der Waals surface area contributed by atoms with Crippen molar-refractivity contribution in [1.29, 1.82) is 0 Å². The van der Waals surface area contributed by atoms with Gasteiger partial charge < -0.3 is 14.8 Å². The lowest BCUT2D eigenvalue weighted by Crippen LogP contribution is -2.35. The van der Waals surface area contributed by atoms with Crippen LogP contribution in [-0.2, 0) is 6.54 Å². The molecule has 1 aromatic heterocycles. The molecule has 0 saturated heterocycles. The average molecular weight is 274 g/mol. The molecule has 0 atom stereocenters. The van der Waals surface area contributed by atoms with Gasteiger partial charge in [0.05, 0.1) is 13.7 Å². The summed E-state index contributed by atoms with van der Waals surface area (Å²) < 4.78 is 6.53. The number of hydrogen-bond acceptors (Lipinski definition) is 5. The molecule has 20 heavy (non-hydrogen) atoms. The maximum Gasteiger partial charge on any atom is 0.488 e. The molecule has 0 unspecified atom stereocenters. The second kappa shape index (κ2) is 5.89. The van der Waals surface area contributed by atoms with Crippen molar-refractivity contribution in [3.8, 4) is 5.75 Å². The molecule has 1 heterocycles. The Balaban J connectivity index is 2.45. The van der Waals surface area contributed by atoms with Crippen LogP contribution >= 0.6 is 0 Å². The van der Waals surface area contributed by atoms with E-state index >= 15 is 0 Å². The van der Waals surface area contributed by atoms with Crippen LogP contribution in [0.4, 0.5) is 0 Å². The van der Waals surface area contributed by atoms with Gasteiger partial charge in [-0.3, -0.25) is 4.57 Å². The van der Waals surface area contributed by atoms with E-state index in [1.165, 1.54) is 17.9 Å². The van der Waals surface area contributed by atoms with Gasteiger partial charge in [-0.15, -0.1) is 0 Å². The smallest absolute Gasteiger partial charge is 0.488 e. The van der Waals surface area contributed by atoms with Gasteiger partial charge in [0, 0.05) is 12.4 Å². The summed E-state index contributed by atoms with van der Waals surface area (Å²) in [6.45, 7) is 2.02. The van der Waals surface area contributed by atoms with Gasteiger partial charge in [-0.05, 0) is 35.6 Å². The SMILES string of the molecule is COc1ccc(B(O)O)c(Cn2cc(C)cnc2=O)c1. The first-order valence-corrected chi connectivity index (χ1v) is 6.07. The van der Waals surface area contributed by atoms with Crippen LogP contribution in [0, 0.1) is 6.92 Å². The molecule has 0 spiro atoms. The molecule has 7 heteroatoms. The normalized spacial score (nSPS) is 10.4. The quantitative estimate of drug-likeness (QED) is 0.719. The van der Waals surface area contributed by atoms with E-state index in [1.54, 1.807) is 24.4 Å². The molecule has 0 aliphatic rings. The number of rotatable bonds is 4. The molecule has 0 amide bonds. The van der Waals surface area contributed by atoms with E-state index in [2.05, 4.69) is 4.98 Å². The fraction of sp³-hybridized carbons (Fsp3) is 0.231. The zero-order valence-corrected chi connectivity index (χ0v) is 11.3. The molecule has 104 valence electrons. The fourth-order valence-corrected chi connectivity index (χ4v) is 1.96. The third-order valence-corrected chi connectivity index (χ3v) is 2.95. The minimum atomic E-state index is -1.61. The van der Waals surface area contributed by atoms with E-state index in [0.717, 1.165) is 5.56 Å². The zero-order valence-electron chi connectivity index (χ0n) is 11.3. The summed E-state index contributed by atoms with van der Waals surface area (Å²) in [7, 11) is -0.0847. The maximum absolute atomic E-state index is 11.7. The summed E-state index contributed by atoms with van der Waals surface area (Å²) in [4.78, 5) is 15.5. The first-order valence-electron chi connectivity index (χ1n) is 6.07. The molecule has 0 bridgehead atoms. The van der Waals surface area contributed by atoms with Crippen molar-refractivity contribution in [2.24, 2.45) is 0 Å². The van der Waals surface area contributed by atoms with Crippen LogP contribution in [0.3, 0.4) is 0 Å². The van der Waals surface area contributed by atoms with Crippen molar-refractivity contribution in [2.45, 2.75) is 13.5 Å². The fourth-order valence-electron chi connectivity index (χ4n) is 1.96. The molecule has 1 aromatic carbocycles. The third-order valence-electron chi connectivity index (χ3n) is 2.95. The standard InChI is InChI=1S/C13H15BN2O4/c1-9-6-15-13(17)16(7-9)8-10-5-11(20-2)3-4-12(10)14(18)19/h3-7,18-19H,8H2,1-2H3. The molecule has 2 aromatic rings. The van der Waals surface area contributed by atoms with Crippen molar-refractivity contribution in [1.82, 2.24) is 9.55 Å². The Kier molecular flexibility index (Phi) is 4.21. The number of aryl methyl sites for hydroxylation is 1. The van der Waals surface area contributed by atoms with E-state index in [4.69, 9.17) is 4.74 Å². The largest absolute Gasteiger partial charge is 0.497 e. The Hall–Kier alpha value is -2.12. The van der Waals surface area contributed by atoms with Crippen LogP contribution < -0.4 is 15.9 Å². The summed E-state index contributed by atoms with van der Waals surface area (Å²) in [5, 5.41) is 18.8. The van der Waals surface area contributed by atoms with Crippen LogP contribution in [-0.4, -0.2) is 33.8 Å². The van der Waals surface area contributed by atoms with Crippen molar-refractivity contribution in [2.75, 3.05) is 7.11 Å². The van der Waals surface area contributed by atoms with Crippen molar-refractivity contribution >= 4 is 12.6 Å². The molecular formula is C13H15BN2O4. The summed E-state index contributed by atoms with van der Waals surface area (Å²) >= 11 is 0. The van der Waals surface area contributed by atoms with E-state index in [0.29, 0.717) is 16.8 Å². The minimum Gasteiger partial charge on any atom is -0.497 e.